The Kier molecular flexibility index (Phi) is 3.43. The van der Waals surface area contributed by atoms with Crippen molar-refractivity contribution in [3.63, 3.8) is 0 Å². The lowest BCUT2D eigenvalue weighted by atomic mass is 9.93. The number of amides is 1. The summed E-state index contributed by atoms with van der Waals surface area (Å²) >= 11 is 0. The van der Waals surface area contributed by atoms with Gasteiger partial charge in [-0.1, -0.05) is 6.07 Å². The standard InChI is InChI=1S/C16H10F4N2O/c17-14-4-8(15(21)23)1-2-11(14)12-5-10(16(18,19)20)3-9-6-22-7-13(9)12/h1-5,7H,6H2,(H2,21,23). The van der Waals surface area contributed by atoms with Crippen LogP contribution in [0.3, 0.4) is 0 Å². The minimum absolute atomic E-state index is 0.0364. The van der Waals surface area contributed by atoms with E-state index in [1.807, 2.05) is 0 Å². The van der Waals surface area contributed by atoms with Crippen molar-refractivity contribution >= 4 is 12.1 Å². The SMILES string of the molecule is NC(=O)c1ccc(-c2cc(C(F)(F)F)cc3c2C=NC3)c(F)c1. The van der Waals surface area contributed by atoms with Crippen LogP contribution in [0.4, 0.5) is 17.6 Å². The molecule has 3 rings (SSSR count). The van der Waals surface area contributed by atoms with Crippen molar-refractivity contribution in [1.29, 1.82) is 0 Å². The van der Waals surface area contributed by atoms with Gasteiger partial charge in [0.15, 0.2) is 0 Å². The molecule has 1 heterocycles. The van der Waals surface area contributed by atoms with E-state index in [1.165, 1.54) is 18.3 Å². The lowest BCUT2D eigenvalue weighted by Gasteiger charge is -2.14. The van der Waals surface area contributed by atoms with Gasteiger partial charge in [-0.15, -0.1) is 0 Å². The Balaban J connectivity index is 2.22. The maximum absolute atomic E-state index is 14.3. The number of hydrogen-bond acceptors (Lipinski definition) is 2. The van der Waals surface area contributed by atoms with Crippen molar-refractivity contribution in [3.05, 3.63) is 58.4 Å². The normalized spacial score (nSPS) is 13.2. The second-order valence-electron chi connectivity index (χ2n) is 5.12. The summed E-state index contributed by atoms with van der Waals surface area (Å²) in [4.78, 5) is 15.0. The minimum atomic E-state index is -4.55. The van der Waals surface area contributed by atoms with Gasteiger partial charge in [0.1, 0.15) is 5.82 Å². The van der Waals surface area contributed by atoms with Gasteiger partial charge in [0.05, 0.1) is 12.1 Å². The van der Waals surface area contributed by atoms with Crippen LogP contribution in [0, 0.1) is 5.82 Å². The first kappa shape index (κ1) is 15.2. The van der Waals surface area contributed by atoms with E-state index in [1.54, 1.807) is 0 Å². The monoisotopic (exact) mass is 322 g/mol. The summed E-state index contributed by atoms with van der Waals surface area (Å²) < 4.78 is 53.3. The molecule has 23 heavy (non-hydrogen) atoms. The summed E-state index contributed by atoms with van der Waals surface area (Å²) in [6.45, 7) is 0.118. The maximum Gasteiger partial charge on any atom is 0.416 e. The van der Waals surface area contributed by atoms with Crippen molar-refractivity contribution in [2.75, 3.05) is 0 Å². The van der Waals surface area contributed by atoms with Gasteiger partial charge in [0.25, 0.3) is 0 Å². The van der Waals surface area contributed by atoms with Crippen molar-refractivity contribution in [2.24, 2.45) is 10.7 Å². The molecular formula is C16H10F4N2O. The van der Waals surface area contributed by atoms with E-state index >= 15 is 0 Å². The zero-order valence-electron chi connectivity index (χ0n) is 11.6. The van der Waals surface area contributed by atoms with Crippen LogP contribution in [0.1, 0.15) is 27.0 Å². The molecule has 2 aromatic carbocycles. The summed E-state index contributed by atoms with van der Waals surface area (Å²) in [6, 6.07) is 5.34. The summed E-state index contributed by atoms with van der Waals surface area (Å²) in [5.41, 5.74) is 5.03. The number of nitrogens with zero attached hydrogens (tertiary/aromatic N) is 1. The summed E-state index contributed by atoms with van der Waals surface area (Å²) in [5, 5.41) is 0. The molecule has 1 aliphatic heterocycles. The Morgan fingerprint density at radius 1 is 1.13 bits per heavy atom. The van der Waals surface area contributed by atoms with E-state index in [4.69, 9.17) is 5.73 Å². The van der Waals surface area contributed by atoms with Gasteiger partial charge in [-0.2, -0.15) is 13.2 Å². The molecule has 0 saturated carbocycles. The fraction of sp³-hybridized carbons (Fsp3) is 0.125. The highest BCUT2D eigenvalue weighted by molar-refractivity contribution is 5.96. The number of fused-ring (bicyclic) bond motifs is 1. The Labute approximate surface area is 128 Å². The van der Waals surface area contributed by atoms with E-state index < -0.39 is 23.5 Å². The van der Waals surface area contributed by atoms with Crippen LogP contribution in [-0.4, -0.2) is 12.1 Å². The lowest BCUT2D eigenvalue weighted by molar-refractivity contribution is -0.137. The van der Waals surface area contributed by atoms with Crippen LogP contribution in [-0.2, 0) is 12.7 Å². The number of benzene rings is 2. The fourth-order valence-corrected chi connectivity index (χ4v) is 2.51. The highest BCUT2D eigenvalue weighted by atomic mass is 19.4. The van der Waals surface area contributed by atoms with Crippen LogP contribution >= 0.6 is 0 Å². The molecule has 0 radical (unpaired) electrons. The molecule has 0 spiro atoms. The number of aliphatic imine (C=N–C) groups is 1. The quantitative estimate of drug-likeness (QED) is 0.845. The summed E-state index contributed by atoms with van der Waals surface area (Å²) in [7, 11) is 0. The first-order chi connectivity index (χ1) is 10.8. The van der Waals surface area contributed by atoms with Gasteiger partial charge in [-0.05, 0) is 35.4 Å². The highest BCUT2D eigenvalue weighted by Gasteiger charge is 2.33. The van der Waals surface area contributed by atoms with Gasteiger partial charge in [-0.25, -0.2) is 4.39 Å². The molecule has 0 aliphatic carbocycles. The van der Waals surface area contributed by atoms with Crippen molar-refractivity contribution in [1.82, 2.24) is 0 Å². The minimum Gasteiger partial charge on any atom is -0.366 e. The third-order valence-electron chi connectivity index (χ3n) is 3.62. The van der Waals surface area contributed by atoms with E-state index in [0.29, 0.717) is 11.1 Å². The lowest BCUT2D eigenvalue weighted by Crippen LogP contribution is -2.11. The number of carbonyl (C=O) groups is 1. The van der Waals surface area contributed by atoms with Gasteiger partial charge in [-0.3, -0.25) is 9.79 Å². The van der Waals surface area contributed by atoms with Crippen molar-refractivity contribution in [3.8, 4) is 11.1 Å². The third-order valence-corrected chi connectivity index (χ3v) is 3.62. The average molecular weight is 322 g/mol. The number of hydrogen-bond donors (Lipinski definition) is 1. The van der Waals surface area contributed by atoms with Crippen molar-refractivity contribution < 1.29 is 22.4 Å². The van der Waals surface area contributed by atoms with Gasteiger partial charge >= 0.3 is 6.18 Å². The number of nitrogens with two attached hydrogens (primary N) is 1. The maximum atomic E-state index is 14.3. The molecule has 0 fully saturated rings. The first-order valence-corrected chi connectivity index (χ1v) is 6.61. The average Bonchev–Trinajstić information content (AvgIpc) is 2.93. The Morgan fingerprint density at radius 3 is 2.48 bits per heavy atom. The Morgan fingerprint density at radius 2 is 1.87 bits per heavy atom. The smallest absolute Gasteiger partial charge is 0.366 e. The Bertz CT molecular complexity index is 841. The van der Waals surface area contributed by atoms with Crippen LogP contribution in [0.25, 0.3) is 11.1 Å². The molecule has 3 nitrogen and oxygen atoms in total. The van der Waals surface area contributed by atoms with E-state index in [2.05, 4.69) is 4.99 Å². The van der Waals surface area contributed by atoms with Crippen LogP contribution in [0.15, 0.2) is 35.3 Å². The molecule has 1 aliphatic rings. The first-order valence-electron chi connectivity index (χ1n) is 6.61. The highest BCUT2D eigenvalue weighted by Crippen LogP contribution is 2.37. The molecule has 0 unspecified atom stereocenters. The largest absolute Gasteiger partial charge is 0.416 e. The predicted molar refractivity (Wildman–Crippen MR) is 76.7 cm³/mol. The number of rotatable bonds is 2. The summed E-state index contributed by atoms with van der Waals surface area (Å²) in [5.74, 6) is -1.63. The van der Waals surface area contributed by atoms with Gasteiger partial charge < -0.3 is 5.73 Å². The number of primary amides is 1. The number of halogens is 4. The molecule has 118 valence electrons. The number of alkyl halides is 3. The molecule has 2 aromatic rings. The van der Waals surface area contributed by atoms with Crippen LogP contribution in [0.5, 0.6) is 0 Å². The van der Waals surface area contributed by atoms with Crippen LogP contribution < -0.4 is 5.73 Å². The summed E-state index contributed by atoms with van der Waals surface area (Å²) in [6.07, 6.45) is -3.12. The zero-order valence-corrected chi connectivity index (χ0v) is 11.6. The predicted octanol–water partition coefficient (Wildman–Crippen LogP) is 3.54. The molecule has 0 bridgehead atoms. The van der Waals surface area contributed by atoms with Gasteiger partial charge in [0, 0.05) is 22.9 Å². The second kappa shape index (κ2) is 5.19. The molecule has 2 N–H and O–H groups in total. The molecule has 7 heteroatoms. The zero-order chi connectivity index (χ0) is 16.8. The molecule has 0 aromatic heterocycles. The fourth-order valence-electron chi connectivity index (χ4n) is 2.51. The molecule has 0 saturated heterocycles. The second-order valence-corrected chi connectivity index (χ2v) is 5.12. The Hall–Kier alpha value is -2.70. The third kappa shape index (κ3) is 2.69. The van der Waals surface area contributed by atoms with E-state index in [0.717, 1.165) is 18.2 Å². The topological polar surface area (TPSA) is 55.5 Å². The molecular weight excluding hydrogens is 312 g/mol. The molecule has 1 amide bonds. The number of carbonyl (C=O) groups excluding carboxylic acids is 1. The van der Waals surface area contributed by atoms with Crippen molar-refractivity contribution in [2.45, 2.75) is 12.7 Å². The molecule has 0 atom stereocenters. The van der Waals surface area contributed by atoms with Crippen LogP contribution in [0.2, 0.25) is 0 Å². The van der Waals surface area contributed by atoms with E-state index in [-0.39, 0.29) is 23.2 Å². The van der Waals surface area contributed by atoms with Gasteiger partial charge in [0.2, 0.25) is 5.91 Å². The van der Waals surface area contributed by atoms with E-state index in [9.17, 15) is 22.4 Å².